The normalized spacial score (nSPS) is 20.7. The predicted octanol–water partition coefficient (Wildman–Crippen LogP) is 4.22. The van der Waals surface area contributed by atoms with Crippen LogP contribution in [-0.4, -0.2) is 21.4 Å². The third-order valence-corrected chi connectivity index (χ3v) is 7.21. The average molecular weight is 425 g/mol. The van der Waals surface area contributed by atoms with Gasteiger partial charge in [-0.05, 0) is 42.9 Å². The Labute approximate surface area is 173 Å². The molecular formula is C21H21FN5O2P. The Hall–Kier alpha value is -3.17. The molecule has 3 heterocycles. The number of fused-ring (bicyclic) bond motifs is 5. The van der Waals surface area contributed by atoms with E-state index < -0.39 is 19.1 Å². The highest BCUT2D eigenvalue weighted by Crippen LogP contribution is 2.51. The molecule has 1 aromatic carbocycles. The van der Waals surface area contributed by atoms with Crippen LogP contribution in [0.1, 0.15) is 35.5 Å². The quantitative estimate of drug-likeness (QED) is 0.541. The highest BCUT2D eigenvalue weighted by Gasteiger charge is 2.28. The van der Waals surface area contributed by atoms with Crippen LogP contribution in [0.25, 0.3) is 11.1 Å². The molecule has 0 radical (unpaired) electrons. The summed E-state index contributed by atoms with van der Waals surface area (Å²) in [6.07, 6.45) is 1.46. The van der Waals surface area contributed by atoms with Crippen molar-refractivity contribution in [3.63, 3.8) is 0 Å². The van der Waals surface area contributed by atoms with Gasteiger partial charge in [0.15, 0.2) is 11.6 Å². The number of halogens is 1. The number of nitrogen functional groups attached to an aromatic ring is 1. The van der Waals surface area contributed by atoms with Crippen molar-refractivity contribution in [2.24, 2.45) is 7.05 Å². The van der Waals surface area contributed by atoms with Gasteiger partial charge in [-0.15, -0.1) is 0 Å². The second-order valence-electron chi connectivity index (χ2n) is 7.73. The van der Waals surface area contributed by atoms with E-state index in [-0.39, 0.29) is 18.1 Å². The molecule has 1 aliphatic heterocycles. The number of aryl methyl sites for hydroxylation is 1. The molecule has 7 nitrogen and oxygen atoms in total. The first-order chi connectivity index (χ1) is 14.2. The highest BCUT2D eigenvalue weighted by molar-refractivity contribution is 7.61. The van der Waals surface area contributed by atoms with E-state index >= 15 is 0 Å². The van der Waals surface area contributed by atoms with E-state index in [2.05, 4.69) is 16.2 Å². The number of rotatable bonds is 0. The number of anilines is 1. The van der Waals surface area contributed by atoms with Gasteiger partial charge >= 0.3 is 0 Å². The largest absolute Gasteiger partial charge is 0.482 e. The molecule has 2 aromatic heterocycles. The summed E-state index contributed by atoms with van der Waals surface area (Å²) in [6, 6.07) is 8.26. The summed E-state index contributed by atoms with van der Waals surface area (Å²) in [5.74, 6) is 0.118. The summed E-state index contributed by atoms with van der Waals surface area (Å²) in [4.78, 5) is 4.22. The van der Waals surface area contributed by atoms with Gasteiger partial charge in [0.1, 0.15) is 23.7 Å². The molecule has 0 spiro atoms. The summed E-state index contributed by atoms with van der Waals surface area (Å²) in [5, 5.41) is 14.1. The summed E-state index contributed by atoms with van der Waals surface area (Å²) in [5.41, 5.74) is 9.46. The first kappa shape index (κ1) is 20.1. The van der Waals surface area contributed by atoms with Gasteiger partial charge in [0.2, 0.25) is 0 Å². The van der Waals surface area contributed by atoms with Gasteiger partial charge in [0, 0.05) is 36.7 Å². The maximum absolute atomic E-state index is 14.0. The second-order valence-corrected chi connectivity index (χ2v) is 11.0. The topological polar surface area (TPSA) is 107 Å². The van der Waals surface area contributed by atoms with Gasteiger partial charge in [0.05, 0.1) is 12.8 Å². The zero-order valence-corrected chi connectivity index (χ0v) is 17.8. The number of pyridine rings is 1. The minimum atomic E-state index is -2.78. The van der Waals surface area contributed by atoms with Gasteiger partial charge < -0.3 is 15.0 Å². The Balaban J connectivity index is 1.98. The monoisotopic (exact) mass is 425 g/mol. The van der Waals surface area contributed by atoms with E-state index in [1.165, 1.54) is 16.8 Å². The molecule has 154 valence electrons. The first-order valence-electron chi connectivity index (χ1n) is 9.41. The van der Waals surface area contributed by atoms with Crippen molar-refractivity contribution in [1.82, 2.24) is 14.8 Å². The van der Waals surface area contributed by atoms with Crippen molar-refractivity contribution in [1.29, 1.82) is 5.26 Å². The molecule has 1 aliphatic rings. The third-order valence-electron chi connectivity index (χ3n) is 5.23. The molecule has 9 heteroatoms. The molecule has 2 atom stereocenters. The van der Waals surface area contributed by atoms with Crippen molar-refractivity contribution in [2.75, 3.05) is 12.4 Å². The van der Waals surface area contributed by atoms with Crippen LogP contribution in [-0.2, 0) is 23.9 Å². The van der Waals surface area contributed by atoms with Crippen LogP contribution in [0.4, 0.5) is 10.2 Å². The van der Waals surface area contributed by atoms with Gasteiger partial charge in [-0.25, -0.2) is 9.37 Å². The lowest BCUT2D eigenvalue weighted by Gasteiger charge is -2.22. The second kappa shape index (κ2) is 7.26. The number of hydrogen-bond donors (Lipinski definition) is 1. The van der Waals surface area contributed by atoms with E-state index in [9.17, 15) is 14.2 Å². The maximum atomic E-state index is 14.0. The molecule has 0 fully saturated rings. The Morgan fingerprint density at radius 3 is 2.87 bits per heavy atom. The molecule has 4 rings (SSSR count). The van der Waals surface area contributed by atoms with E-state index in [4.69, 9.17) is 10.5 Å². The lowest BCUT2D eigenvalue weighted by atomic mass is 10.0. The van der Waals surface area contributed by atoms with Crippen LogP contribution < -0.4 is 10.5 Å². The molecule has 0 aliphatic carbocycles. The third kappa shape index (κ3) is 3.57. The molecular weight excluding hydrogens is 404 g/mol. The van der Waals surface area contributed by atoms with Crippen LogP contribution >= 0.6 is 7.14 Å². The minimum Gasteiger partial charge on any atom is -0.482 e. The van der Waals surface area contributed by atoms with Gasteiger partial charge in [0.25, 0.3) is 0 Å². The number of benzene rings is 1. The first-order valence-corrected chi connectivity index (χ1v) is 11.9. The van der Waals surface area contributed by atoms with E-state index in [0.29, 0.717) is 33.8 Å². The number of nitriles is 1. The zero-order chi connectivity index (χ0) is 21.6. The molecule has 2 bridgehead atoms. The van der Waals surface area contributed by atoms with Gasteiger partial charge in [-0.3, -0.25) is 4.68 Å². The smallest absolute Gasteiger partial charge is 0.166 e. The summed E-state index contributed by atoms with van der Waals surface area (Å²) >= 11 is 0. The molecule has 30 heavy (non-hydrogen) atoms. The zero-order valence-electron chi connectivity index (χ0n) is 16.9. The molecule has 0 saturated carbocycles. The predicted molar refractivity (Wildman–Crippen MR) is 112 cm³/mol. The fourth-order valence-corrected chi connectivity index (χ4v) is 5.86. The number of aromatic nitrogens is 3. The minimum absolute atomic E-state index is 0.186. The van der Waals surface area contributed by atoms with Crippen molar-refractivity contribution in [2.45, 2.75) is 25.4 Å². The van der Waals surface area contributed by atoms with Crippen molar-refractivity contribution in [3.8, 4) is 22.9 Å². The van der Waals surface area contributed by atoms with Crippen LogP contribution in [0.15, 0.2) is 30.5 Å². The Morgan fingerprint density at radius 2 is 2.13 bits per heavy atom. The van der Waals surface area contributed by atoms with Crippen molar-refractivity contribution in [3.05, 3.63) is 58.8 Å². The Morgan fingerprint density at radius 1 is 1.37 bits per heavy atom. The maximum Gasteiger partial charge on any atom is 0.166 e. The highest BCUT2D eigenvalue weighted by atomic mass is 31.2. The summed E-state index contributed by atoms with van der Waals surface area (Å²) < 4.78 is 35.1. The standard InChI is InChI=1S/C21H21FN5O2P/c1-12-16-7-15(22)5-4-13(16)10-30(3,28)11-17-20(18(8-23)27(2)26-17)14-6-19(29-12)21(24)25-9-14/h4-7,9,12H,10-11H2,1-3H3,(H2,24,25). The molecule has 0 amide bonds. The van der Waals surface area contributed by atoms with Crippen LogP contribution in [0.2, 0.25) is 0 Å². The molecule has 2 unspecified atom stereocenters. The van der Waals surface area contributed by atoms with E-state index in [1.807, 2.05) is 0 Å². The molecule has 3 aromatic rings. The lowest BCUT2D eigenvalue weighted by Crippen LogP contribution is -2.10. The van der Waals surface area contributed by atoms with Crippen molar-refractivity contribution < 1.29 is 13.7 Å². The van der Waals surface area contributed by atoms with Crippen molar-refractivity contribution >= 4 is 13.0 Å². The lowest BCUT2D eigenvalue weighted by molar-refractivity contribution is 0.226. The van der Waals surface area contributed by atoms with E-state index in [1.54, 1.807) is 39.0 Å². The average Bonchev–Trinajstić information content (AvgIpc) is 2.98. The van der Waals surface area contributed by atoms with Crippen LogP contribution in [0, 0.1) is 17.1 Å². The molecule has 2 N–H and O–H groups in total. The summed E-state index contributed by atoms with van der Waals surface area (Å²) in [7, 11) is -1.11. The number of nitrogens with zero attached hydrogens (tertiary/aromatic N) is 4. The van der Waals surface area contributed by atoms with Crippen LogP contribution in [0.5, 0.6) is 5.75 Å². The van der Waals surface area contributed by atoms with Crippen LogP contribution in [0.3, 0.4) is 0 Å². The number of nitrogens with two attached hydrogens (primary N) is 1. The van der Waals surface area contributed by atoms with E-state index in [0.717, 1.165) is 5.56 Å². The Bertz CT molecular complexity index is 1250. The fraction of sp³-hybridized carbons (Fsp3) is 0.286. The summed E-state index contributed by atoms with van der Waals surface area (Å²) in [6.45, 7) is 3.49. The number of ether oxygens (including phenoxy) is 1. The SMILES string of the molecule is CC1Oc2cc(cnc2N)-c2c(nn(C)c2C#N)CP(C)(=O)Cc2ccc(F)cc21. The molecule has 0 saturated heterocycles. The number of hydrogen-bond acceptors (Lipinski definition) is 6. The Kier molecular flexibility index (Phi) is 4.87. The fourth-order valence-electron chi connectivity index (χ4n) is 3.88. The van der Waals surface area contributed by atoms with Gasteiger partial charge in [-0.2, -0.15) is 10.4 Å². The van der Waals surface area contributed by atoms with Gasteiger partial charge in [-0.1, -0.05) is 6.07 Å².